The van der Waals surface area contributed by atoms with Crippen molar-refractivity contribution in [3.63, 3.8) is 0 Å². The summed E-state index contributed by atoms with van der Waals surface area (Å²) in [6.07, 6.45) is 0. The molecule has 0 radical (unpaired) electrons. The highest BCUT2D eigenvalue weighted by molar-refractivity contribution is 5.77. The monoisotopic (exact) mass is 231 g/mol. The third-order valence-electron chi connectivity index (χ3n) is 2.40. The summed E-state index contributed by atoms with van der Waals surface area (Å²) in [6.45, 7) is 0. The quantitative estimate of drug-likeness (QED) is 0.602. The lowest BCUT2D eigenvalue weighted by Crippen LogP contribution is -2.03. The standard InChI is InChI=1S/C12H6FNO3/c13-8-3-7(16)5-11-12(8)14-9-2-1-6(15)4-10(9)17-11/h1-5,15H. The highest BCUT2D eigenvalue weighted by atomic mass is 19.1. The third kappa shape index (κ3) is 1.52. The van der Waals surface area contributed by atoms with Gasteiger partial charge in [0.2, 0.25) is 0 Å². The average molecular weight is 231 g/mol. The molecule has 1 aromatic carbocycles. The molecule has 84 valence electrons. The van der Waals surface area contributed by atoms with Crippen molar-refractivity contribution in [3.05, 3.63) is 46.4 Å². The Hall–Kier alpha value is -2.43. The van der Waals surface area contributed by atoms with Crippen molar-refractivity contribution in [1.82, 2.24) is 4.98 Å². The van der Waals surface area contributed by atoms with Crippen molar-refractivity contribution in [1.29, 1.82) is 0 Å². The number of phenolic OH excluding ortho intramolecular Hbond substituents is 1. The summed E-state index contributed by atoms with van der Waals surface area (Å²) in [5.74, 6) is -0.638. The Kier molecular flexibility index (Phi) is 1.89. The van der Waals surface area contributed by atoms with E-state index in [9.17, 15) is 14.3 Å². The van der Waals surface area contributed by atoms with Gasteiger partial charge in [-0.25, -0.2) is 9.37 Å². The molecule has 0 aromatic heterocycles. The molecule has 3 rings (SSSR count). The lowest BCUT2D eigenvalue weighted by Gasteiger charge is -2.06. The number of fused-ring (bicyclic) bond motifs is 2. The zero-order chi connectivity index (χ0) is 12.0. The van der Waals surface area contributed by atoms with Crippen molar-refractivity contribution >= 4 is 11.1 Å². The largest absolute Gasteiger partial charge is 0.508 e. The summed E-state index contributed by atoms with van der Waals surface area (Å²) in [4.78, 5) is 15.2. The maximum atomic E-state index is 13.5. The number of phenols is 1. The molecule has 4 nitrogen and oxygen atoms in total. The number of rotatable bonds is 0. The molecule has 0 atom stereocenters. The van der Waals surface area contributed by atoms with E-state index in [0.29, 0.717) is 11.1 Å². The Labute approximate surface area is 94.3 Å². The summed E-state index contributed by atoms with van der Waals surface area (Å²) >= 11 is 0. The SMILES string of the molecule is O=c1cc2oc3cc(O)ccc3nc-2c(F)c1. The Bertz CT molecular complexity index is 751. The lowest BCUT2D eigenvalue weighted by atomic mass is 10.2. The van der Waals surface area contributed by atoms with Crippen LogP contribution < -0.4 is 5.43 Å². The van der Waals surface area contributed by atoms with Crippen LogP contribution in [-0.4, -0.2) is 10.1 Å². The van der Waals surface area contributed by atoms with Crippen LogP contribution in [0, 0.1) is 5.82 Å². The average Bonchev–Trinajstić information content (AvgIpc) is 2.26. The highest BCUT2D eigenvalue weighted by Crippen LogP contribution is 2.27. The fourth-order valence-electron chi connectivity index (χ4n) is 1.65. The molecule has 0 spiro atoms. The molecular formula is C12H6FNO3. The Morgan fingerprint density at radius 3 is 2.88 bits per heavy atom. The summed E-state index contributed by atoms with van der Waals surface area (Å²) in [5.41, 5.74) is 0.221. The van der Waals surface area contributed by atoms with Crippen LogP contribution in [-0.2, 0) is 0 Å². The smallest absolute Gasteiger partial charge is 0.185 e. The van der Waals surface area contributed by atoms with Crippen molar-refractivity contribution in [2.45, 2.75) is 0 Å². The van der Waals surface area contributed by atoms with E-state index in [1.54, 1.807) is 0 Å². The number of halogens is 1. The van der Waals surface area contributed by atoms with Gasteiger partial charge in [-0.2, -0.15) is 0 Å². The fraction of sp³-hybridized carbons (Fsp3) is 0. The number of hydrogen-bond acceptors (Lipinski definition) is 4. The van der Waals surface area contributed by atoms with Crippen molar-refractivity contribution < 1.29 is 13.9 Å². The van der Waals surface area contributed by atoms with Gasteiger partial charge in [0.1, 0.15) is 17.0 Å². The van der Waals surface area contributed by atoms with E-state index in [-0.39, 0.29) is 17.2 Å². The molecule has 1 aliphatic carbocycles. The van der Waals surface area contributed by atoms with E-state index in [0.717, 1.165) is 12.1 Å². The first-order valence-corrected chi connectivity index (χ1v) is 4.86. The second-order valence-corrected chi connectivity index (χ2v) is 3.62. The van der Waals surface area contributed by atoms with Crippen molar-refractivity contribution in [3.8, 4) is 17.2 Å². The van der Waals surface area contributed by atoms with E-state index < -0.39 is 11.2 Å². The fourth-order valence-corrected chi connectivity index (χ4v) is 1.65. The highest BCUT2D eigenvalue weighted by Gasteiger charge is 2.15. The molecule has 5 heteroatoms. The summed E-state index contributed by atoms with van der Waals surface area (Å²) in [5, 5.41) is 9.29. The Morgan fingerprint density at radius 1 is 1.24 bits per heavy atom. The number of aromatic hydroxyl groups is 1. The molecule has 1 aliphatic heterocycles. The van der Waals surface area contributed by atoms with E-state index in [4.69, 9.17) is 4.42 Å². The van der Waals surface area contributed by atoms with Crippen LogP contribution in [0.5, 0.6) is 5.75 Å². The Morgan fingerprint density at radius 2 is 2.06 bits per heavy atom. The molecule has 1 aromatic rings. The first-order valence-electron chi connectivity index (χ1n) is 4.86. The van der Waals surface area contributed by atoms with Gasteiger partial charge in [0.05, 0.1) is 0 Å². The van der Waals surface area contributed by atoms with Crippen LogP contribution in [0.4, 0.5) is 4.39 Å². The molecule has 1 N–H and O–H groups in total. The Balaban J connectivity index is 2.49. The van der Waals surface area contributed by atoms with Gasteiger partial charge in [0.15, 0.2) is 22.6 Å². The minimum absolute atomic E-state index is 0.00258. The lowest BCUT2D eigenvalue weighted by molar-refractivity contribution is 0.474. The van der Waals surface area contributed by atoms with E-state index in [2.05, 4.69) is 4.98 Å². The predicted octanol–water partition coefficient (Wildman–Crippen LogP) is 2.14. The van der Waals surface area contributed by atoms with E-state index >= 15 is 0 Å². The van der Waals surface area contributed by atoms with Crippen molar-refractivity contribution in [2.24, 2.45) is 0 Å². The number of aromatic nitrogens is 1. The van der Waals surface area contributed by atoms with Crippen LogP contribution >= 0.6 is 0 Å². The molecule has 0 bridgehead atoms. The van der Waals surface area contributed by atoms with Crippen LogP contribution in [0.25, 0.3) is 22.6 Å². The first-order chi connectivity index (χ1) is 8.13. The number of nitrogens with zero attached hydrogens (tertiary/aromatic N) is 1. The molecule has 17 heavy (non-hydrogen) atoms. The summed E-state index contributed by atoms with van der Waals surface area (Å²) in [6, 6.07) is 6.32. The van der Waals surface area contributed by atoms with Crippen molar-refractivity contribution in [2.75, 3.05) is 0 Å². The molecule has 0 unspecified atom stereocenters. The number of hydrogen-bond donors (Lipinski definition) is 1. The maximum absolute atomic E-state index is 13.5. The summed E-state index contributed by atoms with van der Waals surface area (Å²) < 4.78 is 18.8. The topological polar surface area (TPSA) is 63.3 Å². The molecule has 0 saturated heterocycles. The van der Waals surface area contributed by atoms with Crippen LogP contribution in [0.1, 0.15) is 0 Å². The molecule has 1 heterocycles. The van der Waals surface area contributed by atoms with Gasteiger partial charge >= 0.3 is 0 Å². The van der Waals surface area contributed by atoms with Gasteiger partial charge in [-0.1, -0.05) is 0 Å². The van der Waals surface area contributed by atoms with Gasteiger partial charge in [-0.3, -0.25) is 4.79 Å². The zero-order valence-corrected chi connectivity index (χ0v) is 8.48. The maximum Gasteiger partial charge on any atom is 0.185 e. The zero-order valence-electron chi connectivity index (χ0n) is 8.48. The third-order valence-corrected chi connectivity index (χ3v) is 2.40. The first kappa shape index (κ1) is 9.77. The van der Waals surface area contributed by atoms with Gasteiger partial charge in [-0.05, 0) is 12.1 Å². The molecule has 0 amide bonds. The second-order valence-electron chi connectivity index (χ2n) is 3.62. The summed E-state index contributed by atoms with van der Waals surface area (Å²) in [7, 11) is 0. The molecule has 2 aliphatic rings. The van der Waals surface area contributed by atoms with Gasteiger partial charge < -0.3 is 9.52 Å². The minimum atomic E-state index is -0.716. The molecule has 0 saturated carbocycles. The van der Waals surface area contributed by atoms with Gasteiger partial charge in [0.25, 0.3) is 0 Å². The van der Waals surface area contributed by atoms with Crippen LogP contribution in [0.15, 0.2) is 39.5 Å². The van der Waals surface area contributed by atoms with E-state index in [1.807, 2.05) is 0 Å². The van der Waals surface area contributed by atoms with Gasteiger partial charge in [0, 0.05) is 18.2 Å². The number of benzene rings is 2. The minimum Gasteiger partial charge on any atom is -0.508 e. The predicted molar refractivity (Wildman–Crippen MR) is 58.5 cm³/mol. The molecule has 0 fully saturated rings. The van der Waals surface area contributed by atoms with Gasteiger partial charge in [-0.15, -0.1) is 0 Å². The van der Waals surface area contributed by atoms with E-state index in [1.165, 1.54) is 18.2 Å². The normalized spacial score (nSPS) is 11.1. The second kappa shape index (κ2) is 3.28. The van der Waals surface area contributed by atoms with Crippen LogP contribution in [0.2, 0.25) is 0 Å². The molecular weight excluding hydrogens is 225 g/mol. The van der Waals surface area contributed by atoms with Crippen LogP contribution in [0.3, 0.4) is 0 Å².